The molecule has 0 atom stereocenters. The highest BCUT2D eigenvalue weighted by Gasteiger charge is 2.00. The van der Waals surface area contributed by atoms with E-state index in [9.17, 15) is 0 Å². The third-order valence-electron chi connectivity index (χ3n) is 2.23. The molecule has 5 nitrogen and oxygen atoms in total. The minimum atomic E-state index is 0.0680. The van der Waals surface area contributed by atoms with Gasteiger partial charge in [0.1, 0.15) is 0 Å². The summed E-state index contributed by atoms with van der Waals surface area (Å²) in [4.78, 5) is 8.02. The lowest BCUT2D eigenvalue weighted by molar-refractivity contribution is 1.05. The number of benzene rings is 1. The number of nitrogens with two attached hydrogens (primary N) is 2. The van der Waals surface area contributed by atoms with Crippen LogP contribution in [0.15, 0.2) is 41.9 Å². The van der Waals surface area contributed by atoms with Gasteiger partial charge in [0.05, 0.1) is 12.0 Å². The summed E-state index contributed by atoms with van der Waals surface area (Å²) in [5, 5.41) is 0. The molecular weight excluding hydrogens is 202 g/mol. The average molecular weight is 215 g/mol. The fraction of sp³-hybridized carbons (Fsp3) is 0.0909. The van der Waals surface area contributed by atoms with Gasteiger partial charge in [-0.25, -0.2) is 9.98 Å². The maximum atomic E-state index is 5.34. The first-order valence-corrected chi connectivity index (χ1v) is 4.85. The summed E-state index contributed by atoms with van der Waals surface area (Å²) in [5.41, 5.74) is 13.5. The normalized spacial score (nSPS) is 10.1. The van der Waals surface area contributed by atoms with E-state index in [4.69, 9.17) is 11.5 Å². The summed E-state index contributed by atoms with van der Waals surface area (Å²) in [5.74, 6) is 0.0680. The molecule has 1 aromatic heterocycles. The number of hydrogen-bond acceptors (Lipinski definition) is 2. The first-order chi connectivity index (χ1) is 7.66. The lowest BCUT2D eigenvalue weighted by Crippen LogP contribution is -2.22. The molecular formula is C11H13N5. The number of nitrogens with zero attached hydrogens (tertiary/aromatic N) is 3. The van der Waals surface area contributed by atoms with Gasteiger partial charge in [0.15, 0.2) is 5.96 Å². The van der Waals surface area contributed by atoms with Crippen molar-refractivity contribution in [1.82, 2.24) is 9.55 Å². The van der Waals surface area contributed by atoms with Crippen molar-refractivity contribution >= 4 is 11.6 Å². The smallest absolute Gasteiger partial charge is 0.191 e. The molecule has 0 saturated carbocycles. The van der Waals surface area contributed by atoms with Crippen LogP contribution in [0.4, 0.5) is 5.69 Å². The number of hydrogen-bond donors (Lipinski definition) is 2. The Morgan fingerprint density at radius 2 is 2.19 bits per heavy atom. The second-order valence-electron chi connectivity index (χ2n) is 3.48. The maximum Gasteiger partial charge on any atom is 0.191 e. The SMILES string of the molecule is Cc1cc(-n2ccnc2)ccc1N=C(N)N. The minimum absolute atomic E-state index is 0.0680. The highest BCUT2D eigenvalue weighted by atomic mass is 15.0. The third kappa shape index (κ3) is 2.03. The molecule has 0 radical (unpaired) electrons. The van der Waals surface area contributed by atoms with Crippen LogP contribution in [-0.4, -0.2) is 15.5 Å². The molecule has 0 spiro atoms. The van der Waals surface area contributed by atoms with Gasteiger partial charge in [-0.05, 0) is 30.7 Å². The molecule has 2 rings (SSSR count). The fourth-order valence-electron chi connectivity index (χ4n) is 1.48. The van der Waals surface area contributed by atoms with Crippen molar-refractivity contribution in [2.45, 2.75) is 6.92 Å². The first kappa shape index (κ1) is 10.2. The molecule has 2 aromatic rings. The summed E-state index contributed by atoms with van der Waals surface area (Å²) in [6.45, 7) is 1.96. The quantitative estimate of drug-likeness (QED) is 0.581. The van der Waals surface area contributed by atoms with Gasteiger partial charge in [0.2, 0.25) is 0 Å². The number of aryl methyl sites for hydroxylation is 1. The van der Waals surface area contributed by atoms with E-state index in [1.807, 2.05) is 35.9 Å². The minimum Gasteiger partial charge on any atom is -0.370 e. The van der Waals surface area contributed by atoms with Crippen LogP contribution in [0.5, 0.6) is 0 Å². The number of aromatic nitrogens is 2. The largest absolute Gasteiger partial charge is 0.370 e. The predicted octanol–water partition coefficient (Wildman–Crippen LogP) is 1.09. The molecule has 0 amide bonds. The van der Waals surface area contributed by atoms with Gasteiger partial charge in [0.25, 0.3) is 0 Å². The molecule has 0 aliphatic heterocycles. The van der Waals surface area contributed by atoms with Gasteiger partial charge in [0, 0.05) is 18.1 Å². The van der Waals surface area contributed by atoms with Crippen molar-refractivity contribution < 1.29 is 0 Å². The highest BCUT2D eigenvalue weighted by Crippen LogP contribution is 2.21. The van der Waals surface area contributed by atoms with Gasteiger partial charge in [-0.1, -0.05) is 0 Å². The Morgan fingerprint density at radius 1 is 1.38 bits per heavy atom. The van der Waals surface area contributed by atoms with E-state index < -0.39 is 0 Å². The molecule has 82 valence electrons. The summed E-state index contributed by atoms with van der Waals surface area (Å²) >= 11 is 0. The van der Waals surface area contributed by atoms with E-state index in [1.54, 1.807) is 12.5 Å². The monoisotopic (exact) mass is 215 g/mol. The Balaban J connectivity index is 2.41. The zero-order valence-electron chi connectivity index (χ0n) is 8.96. The number of rotatable bonds is 2. The van der Waals surface area contributed by atoms with E-state index in [2.05, 4.69) is 9.98 Å². The van der Waals surface area contributed by atoms with Crippen LogP contribution in [0.3, 0.4) is 0 Å². The van der Waals surface area contributed by atoms with Crippen LogP contribution in [0.2, 0.25) is 0 Å². The van der Waals surface area contributed by atoms with Crippen molar-refractivity contribution in [2.75, 3.05) is 0 Å². The second-order valence-corrected chi connectivity index (χ2v) is 3.48. The van der Waals surface area contributed by atoms with Crippen LogP contribution < -0.4 is 11.5 Å². The van der Waals surface area contributed by atoms with E-state index in [0.29, 0.717) is 0 Å². The van der Waals surface area contributed by atoms with Crippen LogP contribution in [0, 0.1) is 6.92 Å². The molecule has 0 unspecified atom stereocenters. The van der Waals surface area contributed by atoms with Gasteiger partial charge in [-0.3, -0.25) is 0 Å². The standard InChI is InChI=1S/C11H13N5/c1-8-6-9(16-5-4-14-7-16)2-3-10(8)15-11(12)13/h2-7H,1H3,(H4,12,13,15). The summed E-state index contributed by atoms with van der Waals surface area (Å²) in [6, 6.07) is 5.82. The molecule has 1 aromatic carbocycles. The topological polar surface area (TPSA) is 82.2 Å². The number of imidazole rings is 1. The molecule has 16 heavy (non-hydrogen) atoms. The molecule has 4 N–H and O–H groups in total. The van der Waals surface area contributed by atoms with E-state index in [1.165, 1.54) is 0 Å². The van der Waals surface area contributed by atoms with Crippen LogP contribution in [-0.2, 0) is 0 Å². The molecule has 0 aliphatic rings. The molecule has 0 bridgehead atoms. The second kappa shape index (κ2) is 4.06. The summed E-state index contributed by atoms with van der Waals surface area (Å²) in [6.07, 6.45) is 5.36. The number of aliphatic imine (C=N–C) groups is 1. The Hall–Kier alpha value is -2.30. The Morgan fingerprint density at radius 3 is 2.75 bits per heavy atom. The van der Waals surface area contributed by atoms with Crippen molar-refractivity contribution in [1.29, 1.82) is 0 Å². The molecule has 0 aliphatic carbocycles. The van der Waals surface area contributed by atoms with E-state index in [0.717, 1.165) is 16.9 Å². The van der Waals surface area contributed by atoms with Gasteiger partial charge in [-0.15, -0.1) is 0 Å². The lowest BCUT2D eigenvalue weighted by atomic mass is 10.2. The fourth-order valence-corrected chi connectivity index (χ4v) is 1.48. The number of guanidine groups is 1. The van der Waals surface area contributed by atoms with Crippen molar-refractivity contribution in [3.8, 4) is 5.69 Å². The van der Waals surface area contributed by atoms with Gasteiger partial charge in [-0.2, -0.15) is 0 Å². The lowest BCUT2D eigenvalue weighted by Gasteiger charge is -2.05. The molecule has 0 fully saturated rings. The molecule has 5 heteroatoms. The maximum absolute atomic E-state index is 5.34. The summed E-state index contributed by atoms with van der Waals surface area (Å²) < 4.78 is 1.92. The van der Waals surface area contributed by atoms with Crippen LogP contribution >= 0.6 is 0 Å². The van der Waals surface area contributed by atoms with E-state index >= 15 is 0 Å². The average Bonchev–Trinajstić information content (AvgIpc) is 2.73. The molecule has 1 heterocycles. The van der Waals surface area contributed by atoms with Crippen LogP contribution in [0.1, 0.15) is 5.56 Å². The Labute approximate surface area is 93.4 Å². The van der Waals surface area contributed by atoms with Crippen LogP contribution in [0.25, 0.3) is 5.69 Å². The van der Waals surface area contributed by atoms with Crippen molar-refractivity contribution in [3.63, 3.8) is 0 Å². The van der Waals surface area contributed by atoms with Gasteiger partial charge < -0.3 is 16.0 Å². The zero-order valence-corrected chi connectivity index (χ0v) is 8.96. The summed E-state index contributed by atoms with van der Waals surface area (Å²) in [7, 11) is 0. The first-order valence-electron chi connectivity index (χ1n) is 4.85. The van der Waals surface area contributed by atoms with Crippen molar-refractivity contribution in [3.05, 3.63) is 42.5 Å². The Bertz CT molecular complexity index is 509. The highest BCUT2D eigenvalue weighted by molar-refractivity contribution is 5.79. The zero-order chi connectivity index (χ0) is 11.5. The molecule has 0 saturated heterocycles. The van der Waals surface area contributed by atoms with Gasteiger partial charge >= 0.3 is 0 Å². The van der Waals surface area contributed by atoms with Crippen molar-refractivity contribution in [2.24, 2.45) is 16.5 Å². The third-order valence-corrected chi connectivity index (χ3v) is 2.23. The predicted molar refractivity (Wildman–Crippen MR) is 63.8 cm³/mol. The Kier molecular flexibility index (Phi) is 2.59. The van der Waals surface area contributed by atoms with E-state index in [-0.39, 0.29) is 5.96 Å².